The van der Waals surface area contributed by atoms with Crippen molar-refractivity contribution < 1.29 is 4.74 Å². The van der Waals surface area contributed by atoms with E-state index in [1.807, 2.05) is 31.2 Å². The van der Waals surface area contributed by atoms with E-state index in [9.17, 15) is 0 Å². The fourth-order valence-corrected chi connectivity index (χ4v) is 2.93. The molecule has 0 aliphatic rings. The number of rotatable bonds is 2. The molecule has 0 saturated heterocycles. The standard InChI is InChI=1S/C12H8Br3NO/c1-7-4-10(15)12(16-6-7)17-11-3-2-8(13)5-9(11)14/h2-6H,1H3. The summed E-state index contributed by atoms with van der Waals surface area (Å²) < 4.78 is 8.43. The van der Waals surface area contributed by atoms with Gasteiger partial charge in [0.2, 0.25) is 5.88 Å². The van der Waals surface area contributed by atoms with Crippen molar-refractivity contribution in [2.75, 3.05) is 0 Å². The first-order chi connectivity index (χ1) is 8.06. The lowest BCUT2D eigenvalue weighted by molar-refractivity contribution is 0.456. The highest BCUT2D eigenvalue weighted by Crippen LogP contribution is 2.34. The van der Waals surface area contributed by atoms with Crippen molar-refractivity contribution in [3.8, 4) is 11.6 Å². The van der Waals surface area contributed by atoms with Crippen LogP contribution in [0.1, 0.15) is 5.56 Å². The molecular weight excluding hydrogens is 414 g/mol. The maximum atomic E-state index is 5.72. The summed E-state index contributed by atoms with van der Waals surface area (Å²) in [5.41, 5.74) is 1.08. The van der Waals surface area contributed by atoms with Crippen molar-refractivity contribution in [2.45, 2.75) is 6.92 Å². The second kappa shape index (κ2) is 5.50. The van der Waals surface area contributed by atoms with E-state index in [4.69, 9.17) is 4.74 Å². The maximum absolute atomic E-state index is 5.72. The van der Waals surface area contributed by atoms with Gasteiger partial charge >= 0.3 is 0 Å². The SMILES string of the molecule is Cc1cnc(Oc2ccc(Br)cc2Br)c(Br)c1. The number of aryl methyl sites for hydroxylation is 1. The van der Waals surface area contributed by atoms with Crippen LogP contribution in [-0.4, -0.2) is 4.98 Å². The quantitative estimate of drug-likeness (QED) is 0.641. The summed E-state index contributed by atoms with van der Waals surface area (Å²) in [7, 11) is 0. The monoisotopic (exact) mass is 419 g/mol. The molecule has 1 heterocycles. The third-order valence-electron chi connectivity index (χ3n) is 2.04. The van der Waals surface area contributed by atoms with Gasteiger partial charge < -0.3 is 4.74 Å². The van der Waals surface area contributed by atoms with Gasteiger partial charge in [-0.05, 0) is 68.6 Å². The van der Waals surface area contributed by atoms with E-state index in [0.29, 0.717) is 5.88 Å². The molecule has 0 aliphatic carbocycles. The van der Waals surface area contributed by atoms with Gasteiger partial charge in [0, 0.05) is 10.7 Å². The number of hydrogen-bond donors (Lipinski definition) is 0. The number of benzene rings is 1. The molecule has 0 saturated carbocycles. The molecule has 2 aromatic rings. The summed E-state index contributed by atoms with van der Waals surface area (Å²) in [6.45, 7) is 1.98. The Morgan fingerprint density at radius 3 is 2.47 bits per heavy atom. The normalized spacial score (nSPS) is 10.4. The Balaban J connectivity index is 2.31. The van der Waals surface area contributed by atoms with Crippen molar-refractivity contribution in [3.05, 3.63) is 49.4 Å². The van der Waals surface area contributed by atoms with Gasteiger partial charge in [0.15, 0.2) is 0 Å². The molecule has 0 N–H and O–H groups in total. The number of pyridine rings is 1. The van der Waals surface area contributed by atoms with E-state index in [2.05, 4.69) is 52.8 Å². The van der Waals surface area contributed by atoms with Crippen LogP contribution in [0.4, 0.5) is 0 Å². The molecule has 1 aromatic carbocycles. The van der Waals surface area contributed by atoms with E-state index in [0.717, 1.165) is 24.7 Å². The third-order valence-corrected chi connectivity index (χ3v) is 3.73. The molecule has 88 valence electrons. The van der Waals surface area contributed by atoms with E-state index in [1.54, 1.807) is 6.20 Å². The molecule has 0 atom stereocenters. The Morgan fingerprint density at radius 1 is 1.06 bits per heavy atom. The van der Waals surface area contributed by atoms with Gasteiger partial charge in [-0.3, -0.25) is 0 Å². The molecule has 0 unspecified atom stereocenters. The number of hydrogen-bond acceptors (Lipinski definition) is 2. The largest absolute Gasteiger partial charge is 0.437 e. The van der Waals surface area contributed by atoms with E-state index in [-0.39, 0.29) is 0 Å². The third kappa shape index (κ3) is 3.30. The van der Waals surface area contributed by atoms with Crippen LogP contribution in [0.2, 0.25) is 0 Å². The minimum Gasteiger partial charge on any atom is -0.437 e. The zero-order valence-corrected chi connectivity index (χ0v) is 13.6. The molecule has 5 heteroatoms. The average molecular weight is 422 g/mol. The Labute approximate surface area is 125 Å². The lowest BCUT2D eigenvalue weighted by atomic mass is 10.3. The van der Waals surface area contributed by atoms with Gasteiger partial charge in [-0.25, -0.2) is 4.98 Å². The highest BCUT2D eigenvalue weighted by atomic mass is 79.9. The van der Waals surface area contributed by atoms with Gasteiger partial charge in [-0.2, -0.15) is 0 Å². The van der Waals surface area contributed by atoms with Crippen LogP contribution in [-0.2, 0) is 0 Å². The van der Waals surface area contributed by atoms with Crippen LogP contribution in [0, 0.1) is 6.92 Å². The summed E-state index contributed by atoms with van der Waals surface area (Å²) in [4.78, 5) is 4.23. The predicted octanol–water partition coefficient (Wildman–Crippen LogP) is 5.47. The average Bonchev–Trinajstić information content (AvgIpc) is 2.25. The van der Waals surface area contributed by atoms with E-state index < -0.39 is 0 Å². The topological polar surface area (TPSA) is 22.1 Å². The van der Waals surface area contributed by atoms with Crippen LogP contribution in [0.5, 0.6) is 11.6 Å². The number of halogens is 3. The summed E-state index contributed by atoms with van der Waals surface area (Å²) in [6.07, 6.45) is 1.77. The van der Waals surface area contributed by atoms with Crippen LogP contribution in [0.3, 0.4) is 0 Å². The first kappa shape index (κ1) is 13.1. The van der Waals surface area contributed by atoms with Crippen LogP contribution < -0.4 is 4.74 Å². The first-order valence-electron chi connectivity index (χ1n) is 4.81. The molecule has 0 radical (unpaired) electrons. The molecule has 0 aliphatic heterocycles. The van der Waals surface area contributed by atoms with Crippen LogP contribution in [0.25, 0.3) is 0 Å². The van der Waals surface area contributed by atoms with Gasteiger partial charge in [0.05, 0.1) is 8.95 Å². The highest BCUT2D eigenvalue weighted by Gasteiger charge is 2.07. The second-order valence-electron chi connectivity index (χ2n) is 3.48. The highest BCUT2D eigenvalue weighted by molar-refractivity contribution is 9.11. The molecule has 0 fully saturated rings. The Bertz CT molecular complexity index is 508. The van der Waals surface area contributed by atoms with E-state index in [1.165, 1.54) is 0 Å². The minimum atomic E-state index is 0.554. The molecule has 1 aromatic heterocycles. The summed E-state index contributed by atoms with van der Waals surface area (Å²) in [6, 6.07) is 7.69. The molecular formula is C12H8Br3NO. The Kier molecular flexibility index (Phi) is 4.22. The minimum absolute atomic E-state index is 0.554. The Morgan fingerprint density at radius 2 is 1.82 bits per heavy atom. The second-order valence-corrected chi connectivity index (χ2v) is 6.10. The summed E-state index contributed by atoms with van der Waals surface area (Å²) >= 11 is 10.3. The van der Waals surface area contributed by atoms with Gasteiger partial charge in [-0.1, -0.05) is 15.9 Å². The lowest BCUT2D eigenvalue weighted by Crippen LogP contribution is -1.90. The number of nitrogens with zero attached hydrogens (tertiary/aromatic N) is 1. The molecule has 17 heavy (non-hydrogen) atoms. The first-order valence-corrected chi connectivity index (χ1v) is 7.19. The molecule has 0 spiro atoms. The van der Waals surface area contributed by atoms with Crippen LogP contribution in [0.15, 0.2) is 43.9 Å². The zero-order valence-electron chi connectivity index (χ0n) is 8.88. The van der Waals surface area contributed by atoms with Gasteiger partial charge in [-0.15, -0.1) is 0 Å². The van der Waals surface area contributed by atoms with Crippen molar-refractivity contribution in [1.82, 2.24) is 4.98 Å². The van der Waals surface area contributed by atoms with Crippen molar-refractivity contribution in [1.29, 1.82) is 0 Å². The van der Waals surface area contributed by atoms with Crippen molar-refractivity contribution >= 4 is 47.8 Å². The van der Waals surface area contributed by atoms with Gasteiger partial charge in [0.1, 0.15) is 5.75 Å². The molecule has 2 rings (SSSR count). The van der Waals surface area contributed by atoms with E-state index >= 15 is 0 Å². The molecule has 0 amide bonds. The van der Waals surface area contributed by atoms with Crippen molar-refractivity contribution in [3.63, 3.8) is 0 Å². The van der Waals surface area contributed by atoms with Gasteiger partial charge in [0.25, 0.3) is 0 Å². The smallest absolute Gasteiger partial charge is 0.233 e. The van der Waals surface area contributed by atoms with Crippen LogP contribution >= 0.6 is 47.8 Å². The molecule has 2 nitrogen and oxygen atoms in total. The fourth-order valence-electron chi connectivity index (χ4n) is 1.26. The fraction of sp³-hybridized carbons (Fsp3) is 0.0833. The molecule has 0 bridgehead atoms. The number of aromatic nitrogens is 1. The number of ether oxygens (including phenoxy) is 1. The van der Waals surface area contributed by atoms with Crippen molar-refractivity contribution in [2.24, 2.45) is 0 Å². The summed E-state index contributed by atoms with van der Waals surface area (Å²) in [5, 5.41) is 0. The Hall–Kier alpha value is -0.390. The summed E-state index contributed by atoms with van der Waals surface area (Å²) in [5.74, 6) is 1.28. The lowest BCUT2D eigenvalue weighted by Gasteiger charge is -2.08. The zero-order chi connectivity index (χ0) is 12.4. The maximum Gasteiger partial charge on any atom is 0.233 e. The predicted molar refractivity (Wildman–Crippen MR) is 78.6 cm³/mol.